The molecule has 0 aliphatic carbocycles. The summed E-state index contributed by atoms with van der Waals surface area (Å²) in [7, 11) is -3.45. The first-order valence-electron chi connectivity index (χ1n) is 7.52. The summed E-state index contributed by atoms with van der Waals surface area (Å²) in [6.07, 6.45) is 3.62. The van der Waals surface area contributed by atoms with Crippen molar-refractivity contribution in [1.82, 2.24) is 15.0 Å². The van der Waals surface area contributed by atoms with Crippen LogP contribution >= 0.6 is 0 Å². The van der Waals surface area contributed by atoms with E-state index in [1.54, 1.807) is 12.3 Å². The number of aromatic amines is 1. The summed E-state index contributed by atoms with van der Waals surface area (Å²) in [5.74, 6) is 0.254. The number of H-pyrrole nitrogens is 1. The molecule has 6 nitrogen and oxygen atoms in total. The van der Waals surface area contributed by atoms with Crippen molar-refractivity contribution in [2.75, 3.05) is 19.7 Å². The summed E-state index contributed by atoms with van der Waals surface area (Å²) in [4.78, 5) is 3.30. The Hall–Kier alpha value is -0.890. The largest absolute Gasteiger partial charge is 0.378 e. The maximum absolute atomic E-state index is 12.2. The summed E-state index contributed by atoms with van der Waals surface area (Å²) < 4.78 is 32.6. The first kappa shape index (κ1) is 16.5. The minimum absolute atomic E-state index is 0.118. The van der Waals surface area contributed by atoms with Gasteiger partial charge in [0.15, 0.2) is 0 Å². The molecule has 0 bridgehead atoms. The molecule has 0 saturated carbocycles. The summed E-state index contributed by atoms with van der Waals surface area (Å²) >= 11 is 0. The van der Waals surface area contributed by atoms with Crippen LogP contribution < -0.4 is 10.0 Å². The van der Waals surface area contributed by atoms with E-state index >= 15 is 0 Å². The van der Waals surface area contributed by atoms with Crippen molar-refractivity contribution in [3.05, 3.63) is 18.0 Å². The molecule has 1 aliphatic rings. The number of nitrogens with one attached hydrogen (secondary N) is 3. The predicted octanol–water partition coefficient (Wildman–Crippen LogP) is 1.22. The number of ether oxygens (including phenoxy) is 1. The van der Waals surface area contributed by atoms with Crippen LogP contribution in [0.25, 0.3) is 0 Å². The average Bonchev–Trinajstić information content (AvgIpc) is 3.06. The highest BCUT2D eigenvalue weighted by molar-refractivity contribution is 7.89. The standard InChI is InChI=1S/C14H25N3O3S/c1-3-5-15-9-13-7-14(10-16-13)21(18,19)17-8-12-4-6-20-11(12)2/h7,10-12,15-17H,3-6,8-9H2,1-2H3. The molecule has 2 unspecified atom stereocenters. The molecule has 2 heterocycles. The quantitative estimate of drug-likeness (QED) is 0.630. The lowest BCUT2D eigenvalue weighted by Crippen LogP contribution is -2.31. The molecule has 1 saturated heterocycles. The van der Waals surface area contributed by atoms with Crippen LogP contribution in [0.15, 0.2) is 17.2 Å². The van der Waals surface area contributed by atoms with Crippen molar-refractivity contribution in [3.8, 4) is 0 Å². The van der Waals surface area contributed by atoms with Crippen LogP contribution in [0.5, 0.6) is 0 Å². The number of aromatic nitrogens is 1. The lowest BCUT2D eigenvalue weighted by Gasteiger charge is -2.14. The predicted molar refractivity (Wildman–Crippen MR) is 81.5 cm³/mol. The normalized spacial score (nSPS) is 22.8. The van der Waals surface area contributed by atoms with Gasteiger partial charge in [0.05, 0.1) is 11.0 Å². The van der Waals surface area contributed by atoms with Gasteiger partial charge in [0.1, 0.15) is 0 Å². The van der Waals surface area contributed by atoms with Gasteiger partial charge < -0.3 is 15.0 Å². The molecule has 0 spiro atoms. The second-order valence-corrected chi connectivity index (χ2v) is 7.28. The number of rotatable bonds is 8. The highest BCUT2D eigenvalue weighted by Crippen LogP contribution is 2.20. The van der Waals surface area contributed by atoms with Crippen molar-refractivity contribution in [1.29, 1.82) is 0 Å². The fourth-order valence-electron chi connectivity index (χ4n) is 2.42. The van der Waals surface area contributed by atoms with E-state index in [2.05, 4.69) is 21.9 Å². The first-order valence-corrected chi connectivity index (χ1v) is 9.00. The Morgan fingerprint density at radius 1 is 1.48 bits per heavy atom. The van der Waals surface area contributed by atoms with E-state index in [-0.39, 0.29) is 12.0 Å². The zero-order valence-electron chi connectivity index (χ0n) is 12.7. The topological polar surface area (TPSA) is 83.2 Å². The van der Waals surface area contributed by atoms with Crippen LogP contribution in [0, 0.1) is 5.92 Å². The Kier molecular flexibility index (Phi) is 5.80. The molecular formula is C14H25N3O3S. The number of hydrogen-bond acceptors (Lipinski definition) is 4. The molecule has 2 atom stereocenters. The van der Waals surface area contributed by atoms with Crippen LogP contribution in [-0.2, 0) is 21.3 Å². The van der Waals surface area contributed by atoms with E-state index < -0.39 is 10.0 Å². The van der Waals surface area contributed by atoms with E-state index in [9.17, 15) is 8.42 Å². The summed E-state index contributed by atoms with van der Waals surface area (Å²) in [6, 6.07) is 1.68. The van der Waals surface area contributed by atoms with Gasteiger partial charge in [-0.15, -0.1) is 0 Å². The Labute approximate surface area is 126 Å². The molecule has 0 amide bonds. The molecule has 3 N–H and O–H groups in total. The van der Waals surface area contributed by atoms with E-state index in [0.29, 0.717) is 24.6 Å². The molecule has 1 aromatic rings. The van der Waals surface area contributed by atoms with Crippen LogP contribution in [-0.4, -0.2) is 39.2 Å². The zero-order chi connectivity index (χ0) is 15.3. The third-order valence-corrected chi connectivity index (χ3v) is 5.24. The highest BCUT2D eigenvalue weighted by Gasteiger charge is 2.26. The first-order chi connectivity index (χ1) is 10.0. The lowest BCUT2D eigenvalue weighted by atomic mass is 10.0. The Morgan fingerprint density at radius 3 is 2.95 bits per heavy atom. The fourth-order valence-corrected chi connectivity index (χ4v) is 3.53. The van der Waals surface area contributed by atoms with Gasteiger partial charge in [-0.1, -0.05) is 6.92 Å². The Morgan fingerprint density at radius 2 is 2.29 bits per heavy atom. The number of hydrogen-bond donors (Lipinski definition) is 3. The monoisotopic (exact) mass is 315 g/mol. The van der Waals surface area contributed by atoms with Gasteiger partial charge in [0.2, 0.25) is 10.0 Å². The van der Waals surface area contributed by atoms with E-state index in [1.807, 2.05) is 6.92 Å². The summed E-state index contributed by atoms with van der Waals surface area (Å²) in [5, 5.41) is 3.24. The van der Waals surface area contributed by atoms with Gasteiger partial charge in [-0.2, -0.15) is 0 Å². The Bertz CT molecular complexity index is 541. The van der Waals surface area contributed by atoms with Gasteiger partial charge in [-0.3, -0.25) is 0 Å². The van der Waals surface area contributed by atoms with E-state index in [0.717, 1.165) is 25.1 Å². The van der Waals surface area contributed by atoms with Crippen LogP contribution in [0.3, 0.4) is 0 Å². The van der Waals surface area contributed by atoms with E-state index in [1.165, 1.54) is 0 Å². The smallest absolute Gasteiger partial charge is 0.242 e. The highest BCUT2D eigenvalue weighted by atomic mass is 32.2. The molecule has 1 aliphatic heterocycles. The molecule has 7 heteroatoms. The SMILES string of the molecule is CCCNCc1cc(S(=O)(=O)NCC2CCOC2C)c[nH]1. The molecule has 21 heavy (non-hydrogen) atoms. The molecule has 120 valence electrons. The average molecular weight is 315 g/mol. The minimum Gasteiger partial charge on any atom is -0.378 e. The summed E-state index contributed by atoms with van der Waals surface area (Å²) in [5.41, 5.74) is 0.876. The van der Waals surface area contributed by atoms with Crippen molar-refractivity contribution in [3.63, 3.8) is 0 Å². The van der Waals surface area contributed by atoms with Gasteiger partial charge >= 0.3 is 0 Å². The fraction of sp³-hybridized carbons (Fsp3) is 0.714. The van der Waals surface area contributed by atoms with Crippen molar-refractivity contribution in [2.45, 2.75) is 44.2 Å². The molecular weight excluding hydrogens is 290 g/mol. The van der Waals surface area contributed by atoms with E-state index in [4.69, 9.17) is 4.74 Å². The third kappa shape index (κ3) is 4.54. The molecule has 1 fully saturated rings. The van der Waals surface area contributed by atoms with Crippen LogP contribution in [0.1, 0.15) is 32.4 Å². The molecule has 0 aromatic carbocycles. The molecule has 1 aromatic heterocycles. The third-order valence-electron chi connectivity index (χ3n) is 3.84. The minimum atomic E-state index is -3.45. The van der Waals surface area contributed by atoms with Gasteiger partial charge in [0.25, 0.3) is 0 Å². The van der Waals surface area contributed by atoms with Crippen LogP contribution in [0.2, 0.25) is 0 Å². The molecule has 0 radical (unpaired) electrons. The maximum atomic E-state index is 12.2. The summed E-state index contributed by atoms with van der Waals surface area (Å²) in [6.45, 7) is 6.79. The van der Waals surface area contributed by atoms with Crippen LogP contribution in [0.4, 0.5) is 0 Å². The molecule has 2 rings (SSSR count). The lowest BCUT2D eigenvalue weighted by molar-refractivity contribution is 0.107. The van der Waals surface area contributed by atoms with Gasteiger partial charge in [-0.25, -0.2) is 13.1 Å². The van der Waals surface area contributed by atoms with Gasteiger partial charge in [0, 0.05) is 37.5 Å². The van der Waals surface area contributed by atoms with Crippen molar-refractivity contribution < 1.29 is 13.2 Å². The second kappa shape index (κ2) is 7.40. The zero-order valence-corrected chi connectivity index (χ0v) is 13.5. The van der Waals surface area contributed by atoms with Crippen molar-refractivity contribution in [2.24, 2.45) is 5.92 Å². The number of sulfonamides is 1. The van der Waals surface area contributed by atoms with Crippen molar-refractivity contribution >= 4 is 10.0 Å². The second-order valence-electron chi connectivity index (χ2n) is 5.51. The van der Waals surface area contributed by atoms with Gasteiger partial charge in [-0.05, 0) is 32.4 Å². The Balaban J connectivity index is 1.89. The maximum Gasteiger partial charge on any atom is 0.242 e.